The maximum absolute atomic E-state index is 13.9. The molecule has 1 N–H and O–H groups in total. The molecule has 2 aromatic carbocycles. The van der Waals surface area contributed by atoms with E-state index in [1.807, 2.05) is 37.3 Å². The summed E-state index contributed by atoms with van der Waals surface area (Å²) in [5.41, 5.74) is 1.10. The van der Waals surface area contributed by atoms with Crippen molar-refractivity contribution < 1.29 is 9.13 Å². The fraction of sp³-hybridized carbons (Fsp3) is 0.412. The van der Waals surface area contributed by atoms with Crippen LogP contribution in [-0.2, 0) is 4.74 Å². The number of nitrogens with one attached hydrogen (secondary N) is 1. The number of ether oxygens (including phenoxy) is 1. The van der Waals surface area contributed by atoms with Crippen LogP contribution >= 0.6 is 0 Å². The second-order valence-corrected chi connectivity index (χ2v) is 4.85. The van der Waals surface area contributed by atoms with Gasteiger partial charge < -0.3 is 10.1 Å². The molecule has 2 aromatic rings. The van der Waals surface area contributed by atoms with Crippen LogP contribution in [0.2, 0.25) is 0 Å². The fourth-order valence-corrected chi connectivity index (χ4v) is 2.40. The highest BCUT2D eigenvalue weighted by molar-refractivity contribution is 5.86. The Morgan fingerprint density at radius 3 is 2.55 bits per heavy atom. The third-order valence-corrected chi connectivity index (χ3v) is 3.41. The Morgan fingerprint density at radius 2 is 1.85 bits per heavy atom. The first-order chi connectivity index (χ1) is 9.77. The van der Waals surface area contributed by atoms with Gasteiger partial charge in [-0.15, -0.1) is 0 Å². The quantitative estimate of drug-likeness (QED) is 0.823. The molecule has 20 heavy (non-hydrogen) atoms. The molecule has 0 saturated heterocycles. The molecule has 1 unspecified atom stereocenters. The Hall–Kier alpha value is -1.45. The SMILES string of the molecule is CCCNC(COCC)c1ccc(F)c2ccccc12. The maximum atomic E-state index is 13.9. The number of fused-ring (bicyclic) bond motifs is 1. The summed E-state index contributed by atoms with van der Waals surface area (Å²) >= 11 is 0. The maximum Gasteiger partial charge on any atom is 0.131 e. The first-order valence-corrected chi connectivity index (χ1v) is 7.26. The van der Waals surface area contributed by atoms with Gasteiger partial charge in [0.05, 0.1) is 12.6 Å². The summed E-state index contributed by atoms with van der Waals surface area (Å²) in [5.74, 6) is -0.171. The molecular weight excluding hydrogens is 253 g/mol. The van der Waals surface area contributed by atoms with E-state index in [9.17, 15) is 4.39 Å². The van der Waals surface area contributed by atoms with Crippen LogP contribution in [0.5, 0.6) is 0 Å². The van der Waals surface area contributed by atoms with Gasteiger partial charge in [-0.25, -0.2) is 4.39 Å². The normalized spacial score (nSPS) is 12.8. The van der Waals surface area contributed by atoms with Crippen LogP contribution in [0, 0.1) is 5.82 Å². The molecule has 0 heterocycles. The second kappa shape index (κ2) is 7.36. The smallest absolute Gasteiger partial charge is 0.131 e. The summed E-state index contributed by atoms with van der Waals surface area (Å²) in [6.45, 7) is 6.33. The molecule has 0 radical (unpaired) electrons. The highest BCUT2D eigenvalue weighted by atomic mass is 19.1. The summed E-state index contributed by atoms with van der Waals surface area (Å²) in [5, 5.41) is 5.11. The Labute approximate surface area is 119 Å². The van der Waals surface area contributed by atoms with E-state index in [2.05, 4.69) is 12.2 Å². The van der Waals surface area contributed by atoms with Gasteiger partial charge in [0.1, 0.15) is 5.82 Å². The minimum atomic E-state index is -0.171. The average molecular weight is 275 g/mol. The van der Waals surface area contributed by atoms with Gasteiger partial charge in [-0.3, -0.25) is 0 Å². The monoisotopic (exact) mass is 275 g/mol. The summed E-state index contributed by atoms with van der Waals surface area (Å²) < 4.78 is 19.5. The number of hydrogen-bond acceptors (Lipinski definition) is 2. The molecule has 0 aromatic heterocycles. The van der Waals surface area contributed by atoms with Crippen molar-refractivity contribution in [1.82, 2.24) is 5.32 Å². The van der Waals surface area contributed by atoms with Gasteiger partial charge in [0.25, 0.3) is 0 Å². The van der Waals surface area contributed by atoms with E-state index < -0.39 is 0 Å². The predicted molar refractivity (Wildman–Crippen MR) is 81.4 cm³/mol. The molecule has 0 spiro atoms. The summed E-state index contributed by atoms with van der Waals surface area (Å²) in [6, 6.07) is 11.1. The van der Waals surface area contributed by atoms with Crippen LogP contribution in [0.15, 0.2) is 36.4 Å². The van der Waals surface area contributed by atoms with Gasteiger partial charge in [-0.05, 0) is 36.9 Å². The molecule has 0 aliphatic rings. The van der Waals surface area contributed by atoms with Crippen molar-refractivity contribution in [1.29, 1.82) is 0 Å². The molecule has 2 rings (SSSR count). The molecule has 0 bridgehead atoms. The Bertz CT molecular complexity index is 548. The molecule has 0 amide bonds. The molecule has 0 aliphatic heterocycles. The van der Waals surface area contributed by atoms with Crippen LogP contribution in [0.25, 0.3) is 10.8 Å². The number of rotatable bonds is 7. The van der Waals surface area contributed by atoms with Crippen molar-refractivity contribution in [3.8, 4) is 0 Å². The fourth-order valence-electron chi connectivity index (χ4n) is 2.40. The minimum absolute atomic E-state index is 0.0976. The first-order valence-electron chi connectivity index (χ1n) is 7.26. The lowest BCUT2D eigenvalue weighted by atomic mass is 9.98. The van der Waals surface area contributed by atoms with Crippen LogP contribution in [0.3, 0.4) is 0 Å². The topological polar surface area (TPSA) is 21.3 Å². The van der Waals surface area contributed by atoms with E-state index in [-0.39, 0.29) is 11.9 Å². The molecule has 0 aliphatic carbocycles. The lowest BCUT2D eigenvalue weighted by Gasteiger charge is -2.20. The number of benzene rings is 2. The second-order valence-electron chi connectivity index (χ2n) is 4.85. The zero-order chi connectivity index (χ0) is 14.4. The van der Waals surface area contributed by atoms with Gasteiger partial charge in [0, 0.05) is 12.0 Å². The summed E-state index contributed by atoms with van der Waals surface area (Å²) in [6.07, 6.45) is 1.06. The van der Waals surface area contributed by atoms with Crippen molar-refractivity contribution in [2.75, 3.05) is 19.8 Å². The zero-order valence-corrected chi connectivity index (χ0v) is 12.2. The molecule has 1 atom stereocenters. The van der Waals surface area contributed by atoms with E-state index in [1.165, 1.54) is 0 Å². The third-order valence-electron chi connectivity index (χ3n) is 3.41. The number of halogens is 1. The number of hydrogen-bond donors (Lipinski definition) is 1. The lowest BCUT2D eigenvalue weighted by Crippen LogP contribution is -2.26. The third kappa shape index (κ3) is 3.35. The highest BCUT2D eigenvalue weighted by Crippen LogP contribution is 2.26. The highest BCUT2D eigenvalue weighted by Gasteiger charge is 2.15. The van der Waals surface area contributed by atoms with Crippen LogP contribution < -0.4 is 5.32 Å². The Kier molecular flexibility index (Phi) is 5.50. The van der Waals surface area contributed by atoms with E-state index in [0.717, 1.165) is 23.9 Å². The largest absolute Gasteiger partial charge is 0.380 e. The summed E-state index contributed by atoms with van der Waals surface area (Å²) in [4.78, 5) is 0. The van der Waals surface area contributed by atoms with Gasteiger partial charge >= 0.3 is 0 Å². The molecule has 3 heteroatoms. The van der Waals surface area contributed by atoms with Crippen molar-refractivity contribution in [2.24, 2.45) is 0 Å². The molecule has 108 valence electrons. The van der Waals surface area contributed by atoms with E-state index in [1.54, 1.807) is 6.07 Å². The van der Waals surface area contributed by atoms with Crippen molar-refractivity contribution >= 4 is 10.8 Å². The van der Waals surface area contributed by atoms with Gasteiger partial charge in [0.15, 0.2) is 0 Å². The van der Waals surface area contributed by atoms with Gasteiger partial charge in [0.2, 0.25) is 0 Å². The van der Waals surface area contributed by atoms with Gasteiger partial charge in [-0.2, -0.15) is 0 Å². The lowest BCUT2D eigenvalue weighted by molar-refractivity contribution is 0.123. The Balaban J connectivity index is 2.38. The predicted octanol–water partition coefficient (Wildman–Crippen LogP) is 4.06. The molecule has 0 fully saturated rings. The average Bonchev–Trinajstić information content (AvgIpc) is 2.49. The minimum Gasteiger partial charge on any atom is -0.380 e. The van der Waals surface area contributed by atoms with Crippen LogP contribution in [0.4, 0.5) is 4.39 Å². The van der Waals surface area contributed by atoms with Gasteiger partial charge in [-0.1, -0.05) is 37.3 Å². The van der Waals surface area contributed by atoms with Crippen molar-refractivity contribution in [2.45, 2.75) is 26.3 Å². The molecular formula is C17H22FNO. The Morgan fingerprint density at radius 1 is 1.10 bits per heavy atom. The standard InChI is InChI=1S/C17H22FNO/c1-3-11-19-17(12-20-4-2)15-9-10-16(18)14-8-6-5-7-13(14)15/h5-10,17,19H,3-4,11-12H2,1-2H3. The molecule has 0 saturated carbocycles. The van der Waals surface area contributed by atoms with Crippen LogP contribution in [-0.4, -0.2) is 19.8 Å². The molecule has 2 nitrogen and oxygen atoms in total. The zero-order valence-electron chi connectivity index (χ0n) is 12.2. The van der Waals surface area contributed by atoms with E-state index in [0.29, 0.717) is 18.6 Å². The first kappa shape index (κ1) is 14.9. The summed E-state index contributed by atoms with van der Waals surface area (Å²) in [7, 11) is 0. The van der Waals surface area contributed by atoms with Crippen LogP contribution in [0.1, 0.15) is 31.9 Å². The van der Waals surface area contributed by atoms with Crippen molar-refractivity contribution in [3.05, 3.63) is 47.8 Å². The van der Waals surface area contributed by atoms with E-state index in [4.69, 9.17) is 4.74 Å². The van der Waals surface area contributed by atoms with Crippen molar-refractivity contribution in [3.63, 3.8) is 0 Å². The van der Waals surface area contributed by atoms with E-state index >= 15 is 0 Å².